The number of nitrogens with one attached hydrogen (secondary N) is 1. The number of amides is 1. The minimum absolute atomic E-state index is 0.0135. The molecule has 0 aliphatic carbocycles. The number of benzene rings is 1. The molecule has 1 amide bonds. The number of anilines is 2. The summed E-state index contributed by atoms with van der Waals surface area (Å²) in [6, 6.07) is 4.96. The first-order valence-corrected chi connectivity index (χ1v) is 9.06. The first-order valence-electron chi connectivity index (χ1n) is 9.06. The van der Waals surface area contributed by atoms with E-state index in [1.165, 1.54) is 32.4 Å². The number of ether oxygens (including phenoxy) is 2. The van der Waals surface area contributed by atoms with Crippen LogP contribution in [-0.4, -0.2) is 43.2 Å². The molecular formula is C19H21F3N4O3. The Morgan fingerprint density at radius 1 is 1.07 bits per heavy atom. The minimum Gasteiger partial charge on any atom is -0.481 e. The normalized spacial score (nSPS) is 14.4. The van der Waals surface area contributed by atoms with Gasteiger partial charge in [0.1, 0.15) is 5.69 Å². The van der Waals surface area contributed by atoms with Gasteiger partial charge in [-0.1, -0.05) is 0 Å². The van der Waals surface area contributed by atoms with E-state index < -0.39 is 17.6 Å². The predicted molar refractivity (Wildman–Crippen MR) is 101 cm³/mol. The Morgan fingerprint density at radius 3 is 2.41 bits per heavy atom. The number of carbonyl (C=O) groups is 1. The zero-order valence-corrected chi connectivity index (χ0v) is 16.0. The molecule has 7 nitrogen and oxygen atoms in total. The number of carbonyl (C=O) groups excluding carboxylic acids is 1. The second kappa shape index (κ2) is 8.54. The van der Waals surface area contributed by atoms with E-state index in [-0.39, 0.29) is 29.0 Å². The molecule has 1 aliphatic rings. The number of aromatic nitrogens is 2. The standard InChI is InChI=1S/C19H21F3N4O3/c1-28-16-11-14(24-18(25-16)29-2)17(27)23-12-6-7-15(13(10-12)19(20,21)22)26-8-4-3-5-9-26/h6-7,10-11H,3-5,8-9H2,1-2H3,(H,23,27). The predicted octanol–water partition coefficient (Wildman–Crippen LogP) is 3.76. The lowest BCUT2D eigenvalue weighted by Gasteiger charge is -2.31. The van der Waals surface area contributed by atoms with Crippen LogP contribution in [0.15, 0.2) is 24.3 Å². The second-order valence-corrected chi connectivity index (χ2v) is 6.51. The van der Waals surface area contributed by atoms with Crippen molar-refractivity contribution in [3.05, 3.63) is 35.5 Å². The van der Waals surface area contributed by atoms with Crippen molar-refractivity contribution in [2.24, 2.45) is 0 Å². The molecule has 1 saturated heterocycles. The summed E-state index contributed by atoms with van der Waals surface area (Å²) < 4.78 is 50.8. The number of halogens is 3. The Hall–Kier alpha value is -3.04. The first kappa shape index (κ1) is 20.7. The van der Waals surface area contributed by atoms with E-state index in [4.69, 9.17) is 9.47 Å². The molecule has 1 aromatic carbocycles. The summed E-state index contributed by atoms with van der Waals surface area (Å²) in [7, 11) is 2.68. The maximum Gasteiger partial charge on any atom is 0.418 e. The Balaban J connectivity index is 1.88. The van der Waals surface area contributed by atoms with Crippen molar-refractivity contribution in [2.75, 3.05) is 37.5 Å². The molecule has 0 radical (unpaired) electrons. The van der Waals surface area contributed by atoms with Crippen molar-refractivity contribution < 1.29 is 27.4 Å². The average molecular weight is 410 g/mol. The van der Waals surface area contributed by atoms with Crippen molar-refractivity contribution in [1.29, 1.82) is 0 Å². The van der Waals surface area contributed by atoms with E-state index in [9.17, 15) is 18.0 Å². The number of alkyl halides is 3. The lowest BCUT2D eigenvalue weighted by molar-refractivity contribution is -0.137. The fourth-order valence-corrected chi connectivity index (χ4v) is 3.16. The molecule has 1 N–H and O–H groups in total. The third-order valence-electron chi connectivity index (χ3n) is 4.56. The molecule has 2 heterocycles. The highest BCUT2D eigenvalue weighted by Gasteiger charge is 2.35. The van der Waals surface area contributed by atoms with Gasteiger partial charge in [0.2, 0.25) is 5.88 Å². The number of nitrogens with zero attached hydrogens (tertiary/aromatic N) is 3. The highest BCUT2D eigenvalue weighted by Crippen LogP contribution is 2.39. The van der Waals surface area contributed by atoms with Crippen LogP contribution in [-0.2, 0) is 6.18 Å². The van der Waals surface area contributed by atoms with Crippen LogP contribution in [0, 0.1) is 0 Å². The van der Waals surface area contributed by atoms with E-state index in [1.807, 2.05) is 0 Å². The molecule has 3 rings (SSSR count). The van der Waals surface area contributed by atoms with Gasteiger partial charge in [0, 0.05) is 30.5 Å². The summed E-state index contributed by atoms with van der Waals surface area (Å²) in [5.74, 6) is -0.610. The SMILES string of the molecule is COc1cc(C(=O)Nc2ccc(N3CCCCC3)c(C(F)(F)F)c2)nc(OC)n1. The third kappa shape index (κ3) is 4.87. The van der Waals surface area contributed by atoms with Crippen molar-refractivity contribution in [3.63, 3.8) is 0 Å². The molecule has 156 valence electrons. The van der Waals surface area contributed by atoms with Crippen molar-refractivity contribution in [1.82, 2.24) is 9.97 Å². The third-order valence-corrected chi connectivity index (χ3v) is 4.56. The van der Waals surface area contributed by atoms with Crippen LogP contribution in [0.5, 0.6) is 11.9 Å². The summed E-state index contributed by atoms with van der Waals surface area (Å²) in [6.45, 7) is 1.16. The fraction of sp³-hybridized carbons (Fsp3) is 0.421. The summed E-state index contributed by atoms with van der Waals surface area (Å²) in [5.41, 5.74) is -0.738. The average Bonchev–Trinajstić information content (AvgIpc) is 2.73. The number of hydrogen-bond acceptors (Lipinski definition) is 6. The van der Waals surface area contributed by atoms with E-state index in [0.717, 1.165) is 25.3 Å². The highest BCUT2D eigenvalue weighted by molar-refractivity contribution is 6.03. The van der Waals surface area contributed by atoms with Crippen molar-refractivity contribution in [2.45, 2.75) is 25.4 Å². The quantitative estimate of drug-likeness (QED) is 0.809. The van der Waals surface area contributed by atoms with E-state index >= 15 is 0 Å². The van der Waals surface area contributed by atoms with Crippen LogP contribution >= 0.6 is 0 Å². The van der Waals surface area contributed by atoms with Gasteiger partial charge in [-0.15, -0.1) is 0 Å². The van der Waals surface area contributed by atoms with Gasteiger partial charge in [-0.3, -0.25) is 4.79 Å². The zero-order chi connectivity index (χ0) is 21.0. The van der Waals surface area contributed by atoms with Gasteiger partial charge in [-0.05, 0) is 37.5 Å². The Labute approximate surface area is 165 Å². The van der Waals surface area contributed by atoms with Crippen LogP contribution in [0.3, 0.4) is 0 Å². The molecule has 2 aromatic rings. The Morgan fingerprint density at radius 2 is 1.79 bits per heavy atom. The first-order chi connectivity index (χ1) is 13.8. The molecule has 0 bridgehead atoms. The summed E-state index contributed by atoms with van der Waals surface area (Å²) >= 11 is 0. The van der Waals surface area contributed by atoms with Gasteiger partial charge in [0.15, 0.2) is 0 Å². The van der Waals surface area contributed by atoms with Crippen LogP contribution in [0.4, 0.5) is 24.5 Å². The lowest BCUT2D eigenvalue weighted by Crippen LogP contribution is -2.31. The molecule has 0 spiro atoms. The maximum atomic E-state index is 13.6. The van der Waals surface area contributed by atoms with Crippen LogP contribution in [0.25, 0.3) is 0 Å². The highest BCUT2D eigenvalue weighted by atomic mass is 19.4. The number of rotatable bonds is 5. The molecule has 10 heteroatoms. The number of methoxy groups -OCH3 is 2. The Kier molecular flexibility index (Phi) is 6.09. The molecule has 0 atom stereocenters. The molecule has 1 aromatic heterocycles. The van der Waals surface area contributed by atoms with Gasteiger partial charge in [-0.25, -0.2) is 0 Å². The second-order valence-electron chi connectivity index (χ2n) is 6.51. The Bertz CT molecular complexity index is 861. The number of piperidine rings is 1. The minimum atomic E-state index is -4.55. The van der Waals surface area contributed by atoms with Crippen molar-refractivity contribution >= 4 is 17.3 Å². The molecule has 29 heavy (non-hydrogen) atoms. The van der Waals surface area contributed by atoms with Gasteiger partial charge < -0.3 is 19.7 Å². The lowest BCUT2D eigenvalue weighted by atomic mass is 10.1. The fourth-order valence-electron chi connectivity index (χ4n) is 3.16. The van der Waals surface area contributed by atoms with E-state index in [2.05, 4.69) is 15.3 Å². The molecular weight excluding hydrogens is 389 g/mol. The van der Waals surface area contributed by atoms with E-state index in [1.54, 1.807) is 4.90 Å². The van der Waals surface area contributed by atoms with Gasteiger partial charge in [-0.2, -0.15) is 23.1 Å². The maximum absolute atomic E-state index is 13.6. The molecule has 1 fully saturated rings. The largest absolute Gasteiger partial charge is 0.481 e. The number of hydrogen-bond donors (Lipinski definition) is 1. The summed E-state index contributed by atoms with van der Waals surface area (Å²) in [4.78, 5) is 22.0. The molecule has 0 unspecified atom stereocenters. The van der Waals surface area contributed by atoms with Crippen LogP contribution in [0.2, 0.25) is 0 Å². The van der Waals surface area contributed by atoms with Gasteiger partial charge in [0.25, 0.3) is 5.91 Å². The van der Waals surface area contributed by atoms with E-state index in [0.29, 0.717) is 13.1 Å². The van der Waals surface area contributed by atoms with Crippen LogP contribution < -0.4 is 19.7 Å². The monoisotopic (exact) mass is 410 g/mol. The zero-order valence-electron chi connectivity index (χ0n) is 16.0. The van der Waals surface area contributed by atoms with Gasteiger partial charge in [0.05, 0.1) is 19.8 Å². The summed E-state index contributed by atoms with van der Waals surface area (Å²) in [5, 5.41) is 2.44. The summed E-state index contributed by atoms with van der Waals surface area (Å²) in [6.07, 6.45) is -1.83. The molecule has 0 saturated carbocycles. The topological polar surface area (TPSA) is 76.6 Å². The molecule has 1 aliphatic heterocycles. The van der Waals surface area contributed by atoms with Crippen LogP contribution in [0.1, 0.15) is 35.3 Å². The van der Waals surface area contributed by atoms with Crippen molar-refractivity contribution in [3.8, 4) is 11.9 Å². The smallest absolute Gasteiger partial charge is 0.418 e. The van der Waals surface area contributed by atoms with Gasteiger partial charge >= 0.3 is 12.2 Å².